The van der Waals surface area contributed by atoms with Gasteiger partial charge < -0.3 is 9.84 Å². The molecule has 5 rings (SSSR count). The molecule has 0 spiro atoms. The zero-order valence-corrected chi connectivity index (χ0v) is 17.5. The number of carbonyl (C=O) groups excluding carboxylic acids is 1. The zero-order valence-electron chi connectivity index (χ0n) is 17.5. The predicted octanol–water partition coefficient (Wildman–Crippen LogP) is 4.23. The molecule has 1 amide bonds. The van der Waals surface area contributed by atoms with Crippen LogP contribution in [0.1, 0.15) is 22.4 Å². The number of rotatable bonds is 4. The summed E-state index contributed by atoms with van der Waals surface area (Å²) in [5.41, 5.74) is 4.26. The van der Waals surface area contributed by atoms with Crippen LogP contribution in [0.3, 0.4) is 0 Å². The van der Waals surface area contributed by atoms with Crippen molar-refractivity contribution < 1.29 is 9.32 Å². The van der Waals surface area contributed by atoms with Crippen molar-refractivity contribution in [1.29, 1.82) is 5.26 Å². The molecule has 0 saturated heterocycles. The van der Waals surface area contributed by atoms with Crippen LogP contribution in [0.15, 0.2) is 59.3 Å². The summed E-state index contributed by atoms with van der Waals surface area (Å²) in [6.07, 6.45) is 1.40. The lowest BCUT2D eigenvalue weighted by atomic mass is 10.1. The van der Waals surface area contributed by atoms with Gasteiger partial charge in [0.05, 0.1) is 18.1 Å². The maximum absolute atomic E-state index is 12.9. The molecule has 5 aromatic rings. The first-order chi connectivity index (χ1) is 15.5. The summed E-state index contributed by atoms with van der Waals surface area (Å²) >= 11 is 0. The molecule has 0 aliphatic rings. The Kier molecular flexibility index (Phi) is 4.64. The van der Waals surface area contributed by atoms with Crippen molar-refractivity contribution in [1.82, 2.24) is 19.9 Å². The third-order valence-corrected chi connectivity index (χ3v) is 5.25. The Labute approximate surface area is 183 Å². The van der Waals surface area contributed by atoms with Crippen molar-refractivity contribution in [3.8, 4) is 11.9 Å². The van der Waals surface area contributed by atoms with Gasteiger partial charge in [-0.3, -0.25) is 4.79 Å². The molecule has 3 heterocycles. The average Bonchev–Trinajstić information content (AvgIpc) is 3.37. The van der Waals surface area contributed by atoms with E-state index in [0.717, 1.165) is 27.4 Å². The van der Waals surface area contributed by atoms with Crippen LogP contribution in [0.4, 0.5) is 5.82 Å². The molecule has 0 fully saturated rings. The lowest BCUT2D eigenvalue weighted by Gasteiger charge is -2.09. The second-order valence-corrected chi connectivity index (χ2v) is 7.61. The van der Waals surface area contributed by atoms with Crippen LogP contribution in [0.25, 0.3) is 27.7 Å². The number of aryl methyl sites for hydroxylation is 2. The third-order valence-electron chi connectivity index (χ3n) is 5.25. The van der Waals surface area contributed by atoms with Gasteiger partial charge in [-0.25, -0.2) is 4.98 Å². The molecule has 3 aromatic heterocycles. The molecular weight excluding hydrogens is 404 g/mol. The van der Waals surface area contributed by atoms with Gasteiger partial charge in [0.25, 0.3) is 0 Å². The number of hydrogen-bond acceptors (Lipinski definition) is 6. The number of nitrogens with one attached hydrogen (secondary N) is 1. The molecule has 0 aliphatic carbocycles. The van der Waals surface area contributed by atoms with Crippen LogP contribution in [0.2, 0.25) is 0 Å². The summed E-state index contributed by atoms with van der Waals surface area (Å²) in [7, 11) is 0. The van der Waals surface area contributed by atoms with E-state index >= 15 is 0 Å². The van der Waals surface area contributed by atoms with E-state index in [0.29, 0.717) is 17.1 Å². The summed E-state index contributed by atoms with van der Waals surface area (Å²) in [5, 5.41) is 22.5. The second kappa shape index (κ2) is 7.63. The number of pyridine rings is 1. The Bertz CT molecular complexity index is 1540. The maximum Gasteiger partial charge on any atom is 0.231 e. The van der Waals surface area contributed by atoms with Crippen LogP contribution in [-0.4, -0.2) is 25.8 Å². The number of amides is 1. The molecule has 0 aliphatic heterocycles. The second-order valence-electron chi connectivity index (χ2n) is 7.61. The van der Waals surface area contributed by atoms with E-state index in [1.165, 1.54) is 10.9 Å². The number of nitrogens with zero attached hydrogens (tertiary/aromatic N) is 5. The first-order valence-corrected chi connectivity index (χ1v) is 10.0. The Morgan fingerprint density at radius 2 is 2.03 bits per heavy atom. The van der Waals surface area contributed by atoms with Crippen molar-refractivity contribution in [2.45, 2.75) is 20.3 Å². The number of nitriles is 1. The number of anilines is 1. The quantitative estimate of drug-likeness (QED) is 0.464. The van der Waals surface area contributed by atoms with Gasteiger partial charge in [-0.1, -0.05) is 29.4 Å². The molecule has 0 unspecified atom stereocenters. The minimum atomic E-state index is -0.335. The summed E-state index contributed by atoms with van der Waals surface area (Å²) in [6.45, 7) is 3.93. The highest BCUT2D eigenvalue weighted by Crippen LogP contribution is 2.25. The van der Waals surface area contributed by atoms with E-state index < -0.39 is 0 Å². The molecule has 1 N–H and O–H groups in total. The highest BCUT2D eigenvalue weighted by molar-refractivity contribution is 5.95. The fraction of sp³-hybridized carbons (Fsp3) is 0.125. The number of fused-ring (bicyclic) bond motifs is 2. The monoisotopic (exact) mass is 422 g/mol. The highest BCUT2D eigenvalue weighted by atomic mass is 16.5. The fourth-order valence-corrected chi connectivity index (χ4v) is 3.79. The lowest BCUT2D eigenvalue weighted by molar-refractivity contribution is -0.115. The van der Waals surface area contributed by atoms with Crippen molar-refractivity contribution in [2.24, 2.45) is 0 Å². The molecule has 32 heavy (non-hydrogen) atoms. The Morgan fingerprint density at radius 3 is 2.88 bits per heavy atom. The smallest absolute Gasteiger partial charge is 0.231 e. The Hall–Kier alpha value is -4.51. The van der Waals surface area contributed by atoms with Gasteiger partial charge in [0.2, 0.25) is 5.91 Å². The molecule has 0 radical (unpaired) electrons. The number of benzene rings is 2. The van der Waals surface area contributed by atoms with Crippen LogP contribution in [0.5, 0.6) is 0 Å². The SMILES string of the molecule is Cc1cc(C)c2onc(CC(=O)Nc3c(C#N)cnn3-c3ccc4ccccc4n3)c2c1. The van der Waals surface area contributed by atoms with Crippen LogP contribution in [-0.2, 0) is 11.2 Å². The van der Waals surface area contributed by atoms with Gasteiger partial charge in [-0.2, -0.15) is 15.0 Å². The summed E-state index contributed by atoms with van der Waals surface area (Å²) in [4.78, 5) is 17.5. The van der Waals surface area contributed by atoms with Gasteiger partial charge in [-0.15, -0.1) is 0 Å². The van der Waals surface area contributed by atoms with Crippen LogP contribution >= 0.6 is 0 Å². The number of hydrogen-bond donors (Lipinski definition) is 1. The molecular formula is C24H18N6O2. The predicted molar refractivity (Wildman–Crippen MR) is 119 cm³/mol. The first-order valence-electron chi connectivity index (χ1n) is 10.0. The molecule has 0 atom stereocenters. The first kappa shape index (κ1) is 19.5. The van der Waals surface area contributed by atoms with E-state index in [2.05, 4.69) is 26.6 Å². The standard InChI is InChI=1S/C24H18N6O2/c1-14-9-15(2)23-18(10-14)20(29-32-23)11-22(31)28-24-17(12-25)13-26-30(24)21-8-7-16-5-3-4-6-19(16)27-21/h3-10,13H,11H2,1-2H3,(H,28,31). The van der Waals surface area contributed by atoms with Crippen molar-refractivity contribution in [2.75, 3.05) is 5.32 Å². The maximum atomic E-state index is 12.9. The average molecular weight is 422 g/mol. The molecule has 0 bridgehead atoms. The van der Waals surface area contributed by atoms with Crippen molar-refractivity contribution >= 4 is 33.6 Å². The molecule has 8 nitrogen and oxygen atoms in total. The van der Waals surface area contributed by atoms with E-state index in [1.54, 1.807) is 6.07 Å². The minimum Gasteiger partial charge on any atom is -0.356 e. The van der Waals surface area contributed by atoms with E-state index in [4.69, 9.17) is 4.52 Å². The third kappa shape index (κ3) is 3.36. The fourth-order valence-electron chi connectivity index (χ4n) is 3.79. The summed E-state index contributed by atoms with van der Waals surface area (Å²) in [5.74, 6) is 0.428. The van der Waals surface area contributed by atoms with Crippen molar-refractivity contribution in [3.05, 3.63) is 77.1 Å². The van der Waals surface area contributed by atoms with Crippen LogP contribution in [0, 0.1) is 25.2 Å². The van der Waals surface area contributed by atoms with Crippen LogP contribution < -0.4 is 5.32 Å². The van der Waals surface area contributed by atoms with Gasteiger partial charge in [0, 0.05) is 10.8 Å². The zero-order chi connectivity index (χ0) is 22.2. The Morgan fingerprint density at radius 1 is 1.19 bits per heavy atom. The summed E-state index contributed by atoms with van der Waals surface area (Å²) < 4.78 is 6.90. The minimum absolute atomic E-state index is 0.00289. The van der Waals surface area contributed by atoms with Gasteiger partial charge in [0.1, 0.15) is 17.3 Å². The topological polar surface area (TPSA) is 110 Å². The van der Waals surface area contributed by atoms with Gasteiger partial charge in [0.15, 0.2) is 17.2 Å². The van der Waals surface area contributed by atoms with Gasteiger partial charge >= 0.3 is 0 Å². The normalized spacial score (nSPS) is 11.0. The largest absolute Gasteiger partial charge is 0.356 e. The lowest BCUT2D eigenvalue weighted by Crippen LogP contribution is -2.18. The molecule has 2 aromatic carbocycles. The van der Waals surface area contributed by atoms with Crippen molar-refractivity contribution in [3.63, 3.8) is 0 Å². The molecule has 8 heteroatoms. The molecule has 156 valence electrons. The number of para-hydroxylation sites is 1. The highest BCUT2D eigenvalue weighted by Gasteiger charge is 2.19. The van der Waals surface area contributed by atoms with Gasteiger partial charge in [-0.05, 0) is 49.2 Å². The van der Waals surface area contributed by atoms with E-state index in [1.807, 2.05) is 56.3 Å². The number of carbonyl (C=O) groups is 1. The van der Waals surface area contributed by atoms with E-state index in [-0.39, 0.29) is 23.7 Å². The summed E-state index contributed by atoms with van der Waals surface area (Å²) in [6, 6.07) is 17.4. The van der Waals surface area contributed by atoms with E-state index in [9.17, 15) is 10.1 Å². The number of aromatic nitrogens is 4. The molecule has 0 saturated carbocycles. The Balaban J connectivity index is 1.47.